The van der Waals surface area contributed by atoms with Gasteiger partial charge in [0.25, 0.3) is 0 Å². The number of Topliss-reactive ketones (excluding diaryl/α,β-unsaturated/α-hetero) is 1. The number of hydroxylamine groups is 2. The van der Waals surface area contributed by atoms with Crippen molar-refractivity contribution >= 4 is 40.2 Å². The highest BCUT2D eigenvalue weighted by Gasteiger charge is 2.42. The second kappa shape index (κ2) is 10.2. The van der Waals surface area contributed by atoms with Gasteiger partial charge in [0.15, 0.2) is 16.0 Å². The number of aromatic nitrogens is 3. The third-order valence-electron chi connectivity index (χ3n) is 6.77. The zero-order valence-corrected chi connectivity index (χ0v) is 24.1. The molecule has 10 nitrogen and oxygen atoms in total. The molecule has 3 aromatic heterocycles. The van der Waals surface area contributed by atoms with Gasteiger partial charge in [-0.2, -0.15) is 5.06 Å². The van der Waals surface area contributed by atoms with Crippen molar-refractivity contribution in [3.63, 3.8) is 0 Å². The fraction of sp³-hybridized carbons (Fsp3) is 0.345. The monoisotopic (exact) mass is 579 g/mol. The molecule has 214 valence electrons. The molecule has 0 saturated heterocycles. The Morgan fingerprint density at radius 1 is 1.27 bits per heavy atom. The maximum absolute atomic E-state index is 14.0. The molecule has 0 amide bonds. The van der Waals surface area contributed by atoms with Gasteiger partial charge in [0.1, 0.15) is 17.3 Å². The Morgan fingerprint density at radius 2 is 2.07 bits per heavy atom. The molecule has 5 heterocycles. The van der Waals surface area contributed by atoms with Gasteiger partial charge in [-0.05, 0) is 70.1 Å². The highest BCUT2D eigenvalue weighted by atomic mass is 32.2. The van der Waals surface area contributed by atoms with Crippen LogP contribution in [0.3, 0.4) is 0 Å². The van der Waals surface area contributed by atoms with Crippen molar-refractivity contribution < 1.29 is 28.0 Å². The smallest absolute Gasteiger partial charge is 0.356 e. The standard InChI is InChI=1S/C29H30FN5O5S/c1-6-38-27(37)26-25-15(11-31-26)23(24-19(32-25)12-35(13-20(24)36)40-29(3,4)5)21-7-8-22(39-21)41-28-33-17-9-14(2)16(30)10-18(17)34-28/h7-11,23,31-32H,6,12-13H2,1-5H3,(H,33,34). The number of nitrogens with zero attached hydrogens (tertiary/aromatic N) is 2. The minimum Gasteiger partial charge on any atom is -0.461 e. The van der Waals surface area contributed by atoms with E-state index in [2.05, 4.69) is 20.3 Å². The van der Waals surface area contributed by atoms with E-state index < -0.39 is 17.5 Å². The van der Waals surface area contributed by atoms with Gasteiger partial charge < -0.3 is 24.4 Å². The minimum atomic E-state index is -0.563. The van der Waals surface area contributed by atoms with Crippen molar-refractivity contribution in [1.82, 2.24) is 20.0 Å². The Kier molecular flexibility index (Phi) is 6.79. The third kappa shape index (κ3) is 5.18. The Hall–Kier alpha value is -3.87. The van der Waals surface area contributed by atoms with Crippen LogP contribution >= 0.6 is 11.8 Å². The van der Waals surface area contributed by atoms with E-state index in [0.717, 1.165) is 5.52 Å². The fourth-order valence-corrected chi connectivity index (χ4v) is 5.97. The normalized spacial score (nSPS) is 17.5. The fourth-order valence-electron chi connectivity index (χ4n) is 5.20. The number of carbonyl (C=O) groups is 2. The summed E-state index contributed by atoms with van der Waals surface area (Å²) >= 11 is 1.26. The maximum Gasteiger partial charge on any atom is 0.356 e. The molecule has 0 saturated carbocycles. The van der Waals surface area contributed by atoms with Crippen molar-refractivity contribution in [3.8, 4) is 0 Å². The number of H-pyrrole nitrogens is 2. The van der Waals surface area contributed by atoms with E-state index in [1.165, 1.54) is 17.8 Å². The van der Waals surface area contributed by atoms with Gasteiger partial charge in [-0.25, -0.2) is 14.2 Å². The zero-order valence-electron chi connectivity index (χ0n) is 23.3. The summed E-state index contributed by atoms with van der Waals surface area (Å²) in [5, 5.41) is 6.03. The lowest BCUT2D eigenvalue weighted by Crippen LogP contribution is -2.45. The molecule has 0 spiro atoms. The number of hydrogen-bond donors (Lipinski definition) is 3. The molecular formula is C29H30FN5O5S. The Balaban J connectivity index is 1.37. The first-order valence-electron chi connectivity index (χ1n) is 13.3. The topological polar surface area (TPSA) is 125 Å². The molecule has 3 N–H and O–H groups in total. The summed E-state index contributed by atoms with van der Waals surface area (Å²) in [5.74, 6) is -0.955. The summed E-state index contributed by atoms with van der Waals surface area (Å²) in [5.41, 5.74) is 3.99. The number of rotatable bonds is 6. The van der Waals surface area contributed by atoms with Crippen LogP contribution in [0.15, 0.2) is 56.4 Å². The molecule has 1 aromatic carbocycles. The van der Waals surface area contributed by atoms with Crippen molar-refractivity contribution in [2.75, 3.05) is 25.0 Å². The van der Waals surface area contributed by atoms with E-state index in [4.69, 9.17) is 14.0 Å². The lowest BCUT2D eigenvalue weighted by Gasteiger charge is -2.38. The van der Waals surface area contributed by atoms with Crippen LogP contribution in [0.5, 0.6) is 0 Å². The van der Waals surface area contributed by atoms with Crippen molar-refractivity contribution in [1.29, 1.82) is 0 Å². The van der Waals surface area contributed by atoms with Gasteiger partial charge in [0.2, 0.25) is 0 Å². The number of fused-ring (bicyclic) bond motifs is 2. The quantitative estimate of drug-likeness (QED) is 0.247. The number of hydrogen-bond acceptors (Lipinski definition) is 9. The highest BCUT2D eigenvalue weighted by molar-refractivity contribution is 7.99. The average Bonchev–Trinajstić information content (AvgIpc) is 3.61. The number of halogens is 1. The van der Waals surface area contributed by atoms with Crippen LogP contribution in [0.1, 0.15) is 61.0 Å². The van der Waals surface area contributed by atoms with E-state index in [9.17, 15) is 14.0 Å². The number of esters is 1. The average molecular weight is 580 g/mol. The van der Waals surface area contributed by atoms with Crippen LogP contribution in [-0.4, -0.2) is 57.1 Å². The molecule has 41 heavy (non-hydrogen) atoms. The van der Waals surface area contributed by atoms with Gasteiger partial charge in [-0.15, -0.1) is 0 Å². The number of anilines is 1. The summed E-state index contributed by atoms with van der Waals surface area (Å²) in [6, 6.07) is 6.75. The predicted molar refractivity (Wildman–Crippen MR) is 150 cm³/mol. The van der Waals surface area contributed by atoms with E-state index in [0.29, 0.717) is 56.2 Å². The Morgan fingerprint density at radius 3 is 2.83 bits per heavy atom. The van der Waals surface area contributed by atoms with E-state index >= 15 is 0 Å². The van der Waals surface area contributed by atoms with Crippen LogP contribution in [0.25, 0.3) is 11.0 Å². The molecule has 12 heteroatoms. The van der Waals surface area contributed by atoms with E-state index in [1.54, 1.807) is 31.2 Å². The summed E-state index contributed by atoms with van der Waals surface area (Å²) in [4.78, 5) is 43.1. The largest absolute Gasteiger partial charge is 0.461 e. The number of imidazole rings is 1. The second-order valence-corrected chi connectivity index (χ2v) is 12.0. The number of furan rings is 1. The molecule has 4 aromatic rings. The summed E-state index contributed by atoms with van der Waals surface area (Å²) in [7, 11) is 0. The molecule has 1 atom stereocenters. The lowest BCUT2D eigenvalue weighted by molar-refractivity contribution is -0.223. The van der Waals surface area contributed by atoms with Crippen LogP contribution in [0, 0.1) is 12.7 Å². The number of aromatic amines is 2. The van der Waals surface area contributed by atoms with Gasteiger partial charge in [-0.1, -0.05) is 0 Å². The first kappa shape index (κ1) is 27.3. The molecule has 2 aliphatic heterocycles. The van der Waals surface area contributed by atoms with E-state index in [-0.39, 0.29) is 30.4 Å². The minimum absolute atomic E-state index is 0.0794. The molecule has 0 bridgehead atoms. The van der Waals surface area contributed by atoms with Gasteiger partial charge >= 0.3 is 5.97 Å². The summed E-state index contributed by atoms with van der Waals surface area (Å²) in [6.45, 7) is 9.83. The van der Waals surface area contributed by atoms with Gasteiger partial charge in [0.05, 0.1) is 47.9 Å². The molecular weight excluding hydrogens is 549 g/mol. The molecule has 6 rings (SSSR count). The Labute approximate surface area is 239 Å². The second-order valence-electron chi connectivity index (χ2n) is 11.0. The van der Waals surface area contributed by atoms with Crippen LogP contribution in [0.2, 0.25) is 0 Å². The van der Waals surface area contributed by atoms with Gasteiger partial charge in [-0.3, -0.25) is 9.63 Å². The number of ketones is 1. The molecule has 1 unspecified atom stereocenters. The van der Waals surface area contributed by atoms with Crippen LogP contribution in [-0.2, 0) is 14.4 Å². The summed E-state index contributed by atoms with van der Waals surface area (Å²) in [6.07, 6.45) is 1.71. The lowest BCUT2D eigenvalue weighted by atomic mass is 9.81. The maximum atomic E-state index is 14.0. The number of benzene rings is 1. The number of carbonyl (C=O) groups excluding carboxylic acids is 2. The SMILES string of the molecule is CCOC(=O)c1[nH]cc2c1NC1=C(C(=O)CN(OC(C)(C)C)C1)C2c1ccc(Sc2nc3cc(F)c(C)cc3[nH]2)o1. The Bertz CT molecular complexity index is 1670. The first-order chi connectivity index (χ1) is 19.5. The van der Waals surface area contributed by atoms with Gasteiger partial charge in [0, 0.05) is 29.1 Å². The van der Waals surface area contributed by atoms with Crippen molar-refractivity contribution in [3.05, 3.63) is 70.1 Å². The third-order valence-corrected chi connectivity index (χ3v) is 7.58. The zero-order chi connectivity index (χ0) is 29.1. The van der Waals surface area contributed by atoms with Crippen molar-refractivity contribution in [2.24, 2.45) is 0 Å². The highest BCUT2D eigenvalue weighted by Crippen LogP contribution is 2.46. The number of ether oxygens (including phenoxy) is 1. The number of aryl methyl sites for hydroxylation is 1. The van der Waals surface area contributed by atoms with Crippen molar-refractivity contribution in [2.45, 2.75) is 56.4 Å². The molecule has 2 aliphatic rings. The molecule has 0 aliphatic carbocycles. The first-order valence-corrected chi connectivity index (χ1v) is 14.1. The number of nitrogens with one attached hydrogen (secondary N) is 3. The molecule has 0 fully saturated rings. The van der Waals surface area contributed by atoms with E-state index in [1.807, 2.05) is 32.9 Å². The predicted octanol–water partition coefficient (Wildman–Crippen LogP) is 5.69. The molecule has 0 radical (unpaired) electrons. The van der Waals surface area contributed by atoms with Crippen LogP contribution < -0.4 is 5.32 Å². The van der Waals surface area contributed by atoms with Crippen LogP contribution in [0.4, 0.5) is 10.1 Å². The summed E-state index contributed by atoms with van der Waals surface area (Å²) < 4.78 is 25.6.